The van der Waals surface area contributed by atoms with Gasteiger partial charge in [-0.2, -0.15) is 0 Å². The van der Waals surface area contributed by atoms with E-state index in [2.05, 4.69) is 19.2 Å². The molecular weight excluding hydrogens is 265 g/mol. The molecule has 0 saturated heterocycles. The first-order chi connectivity index (χ1) is 8.95. The van der Waals surface area contributed by atoms with Gasteiger partial charge in [-0.25, -0.2) is 4.39 Å². The molecule has 0 aliphatic carbocycles. The van der Waals surface area contributed by atoms with Gasteiger partial charge in [-0.3, -0.25) is 0 Å². The second kappa shape index (κ2) is 7.83. The lowest BCUT2D eigenvalue weighted by atomic mass is 10.0. The molecule has 0 radical (unpaired) electrons. The standard InChI is InChI=1S/C15H23ClFNO/c1-5-19-9-15(10(2)3)18-11(4)12-6-7-14(17)13(16)8-12/h6-8,10-11,15,18H,5,9H2,1-4H3. The summed E-state index contributed by atoms with van der Waals surface area (Å²) in [4.78, 5) is 0. The Balaban J connectivity index is 2.69. The Bertz CT molecular complexity index is 398. The lowest BCUT2D eigenvalue weighted by molar-refractivity contribution is 0.104. The molecule has 2 unspecified atom stereocenters. The summed E-state index contributed by atoms with van der Waals surface area (Å²) in [5.74, 6) is 0.0808. The number of benzene rings is 1. The van der Waals surface area contributed by atoms with Gasteiger partial charge < -0.3 is 10.1 Å². The van der Waals surface area contributed by atoms with E-state index in [-0.39, 0.29) is 22.9 Å². The minimum absolute atomic E-state index is 0.103. The van der Waals surface area contributed by atoms with Crippen molar-refractivity contribution in [3.05, 3.63) is 34.6 Å². The highest BCUT2D eigenvalue weighted by atomic mass is 35.5. The van der Waals surface area contributed by atoms with Gasteiger partial charge in [0.1, 0.15) is 5.82 Å². The van der Waals surface area contributed by atoms with Crippen LogP contribution in [0.5, 0.6) is 0 Å². The number of hydrogen-bond acceptors (Lipinski definition) is 2. The van der Waals surface area contributed by atoms with Gasteiger partial charge >= 0.3 is 0 Å². The van der Waals surface area contributed by atoms with Gasteiger partial charge in [0, 0.05) is 18.7 Å². The summed E-state index contributed by atoms with van der Waals surface area (Å²) in [6, 6.07) is 5.21. The lowest BCUT2D eigenvalue weighted by Gasteiger charge is -2.26. The molecule has 0 saturated carbocycles. The van der Waals surface area contributed by atoms with Crippen molar-refractivity contribution in [1.82, 2.24) is 5.32 Å². The van der Waals surface area contributed by atoms with E-state index in [0.717, 1.165) is 5.56 Å². The van der Waals surface area contributed by atoms with E-state index in [9.17, 15) is 4.39 Å². The van der Waals surface area contributed by atoms with Crippen LogP contribution in [0.1, 0.15) is 39.3 Å². The highest BCUT2D eigenvalue weighted by Crippen LogP contribution is 2.21. The fourth-order valence-corrected chi connectivity index (χ4v) is 2.07. The van der Waals surface area contributed by atoms with Crippen LogP contribution in [0.2, 0.25) is 5.02 Å². The molecule has 0 aromatic heterocycles. The molecule has 0 bridgehead atoms. The van der Waals surface area contributed by atoms with Gasteiger partial charge in [0.15, 0.2) is 0 Å². The molecule has 0 amide bonds. The number of hydrogen-bond donors (Lipinski definition) is 1. The zero-order chi connectivity index (χ0) is 14.4. The first-order valence-corrected chi connectivity index (χ1v) is 7.12. The first kappa shape index (κ1) is 16.4. The van der Waals surface area contributed by atoms with Crippen molar-refractivity contribution >= 4 is 11.6 Å². The highest BCUT2D eigenvalue weighted by molar-refractivity contribution is 6.30. The molecule has 2 nitrogen and oxygen atoms in total. The van der Waals surface area contributed by atoms with Crippen molar-refractivity contribution in [2.24, 2.45) is 5.92 Å². The Kier molecular flexibility index (Phi) is 6.76. The van der Waals surface area contributed by atoms with E-state index in [1.165, 1.54) is 6.07 Å². The Morgan fingerprint density at radius 2 is 2.00 bits per heavy atom. The van der Waals surface area contributed by atoms with Gasteiger partial charge in [-0.05, 0) is 37.5 Å². The molecule has 1 rings (SSSR count). The third-order valence-corrected chi connectivity index (χ3v) is 3.50. The summed E-state index contributed by atoms with van der Waals surface area (Å²) < 4.78 is 18.6. The zero-order valence-corrected chi connectivity index (χ0v) is 12.8. The predicted octanol–water partition coefficient (Wildman–Crippen LogP) is 4.19. The summed E-state index contributed by atoms with van der Waals surface area (Å²) in [6.45, 7) is 9.72. The van der Waals surface area contributed by atoms with Gasteiger partial charge in [-0.15, -0.1) is 0 Å². The van der Waals surface area contributed by atoms with Crippen LogP contribution in [0.3, 0.4) is 0 Å². The van der Waals surface area contributed by atoms with Crippen LogP contribution in [0.4, 0.5) is 4.39 Å². The minimum atomic E-state index is -0.382. The topological polar surface area (TPSA) is 21.3 Å². The number of nitrogens with one attached hydrogen (secondary N) is 1. The second-order valence-electron chi connectivity index (χ2n) is 5.07. The van der Waals surface area contributed by atoms with E-state index < -0.39 is 0 Å². The lowest BCUT2D eigenvalue weighted by Crippen LogP contribution is -2.39. The van der Waals surface area contributed by atoms with Crippen molar-refractivity contribution in [2.45, 2.75) is 39.8 Å². The normalized spacial score (nSPS) is 14.7. The Hall–Kier alpha value is -0.640. The number of rotatable bonds is 7. The van der Waals surface area contributed by atoms with Crippen molar-refractivity contribution in [2.75, 3.05) is 13.2 Å². The van der Waals surface area contributed by atoms with Gasteiger partial charge in [0.25, 0.3) is 0 Å². The third kappa shape index (κ3) is 5.09. The smallest absolute Gasteiger partial charge is 0.141 e. The molecule has 1 N–H and O–H groups in total. The van der Waals surface area contributed by atoms with Crippen molar-refractivity contribution in [1.29, 1.82) is 0 Å². The fourth-order valence-electron chi connectivity index (χ4n) is 1.88. The SMILES string of the molecule is CCOCC(NC(C)c1ccc(F)c(Cl)c1)C(C)C. The molecule has 2 atom stereocenters. The van der Waals surface area contributed by atoms with E-state index in [1.54, 1.807) is 12.1 Å². The predicted molar refractivity (Wildman–Crippen MR) is 78.1 cm³/mol. The van der Waals surface area contributed by atoms with Crippen LogP contribution in [0.25, 0.3) is 0 Å². The Morgan fingerprint density at radius 3 is 2.53 bits per heavy atom. The molecule has 0 aliphatic rings. The number of ether oxygens (including phenoxy) is 1. The van der Waals surface area contributed by atoms with Gasteiger partial charge in [-0.1, -0.05) is 31.5 Å². The van der Waals surface area contributed by atoms with Crippen LogP contribution >= 0.6 is 11.6 Å². The minimum Gasteiger partial charge on any atom is -0.380 e. The van der Waals surface area contributed by atoms with Crippen LogP contribution in [0.15, 0.2) is 18.2 Å². The van der Waals surface area contributed by atoms with E-state index >= 15 is 0 Å². The van der Waals surface area contributed by atoms with E-state index in [0.29, 0.717) is 19.1 Å². The quantitative estimate of drug-likeness (QED) is 0.812. The monoisotopic (exact) mass is 287 g/mol. The average molecular weight is 288 g/mol. The number of halogens is 2. The van der Waals surface area contributed by atoms with Crippen molar-refractivity contribution < 1.29 is 9.13 Å². The summed E-state index contributed by atoms with van der Waals surface area (Å²) in [6.07, 6.45) is 0. The summed E-state index contributed by atoms with van der Waals surface area (Å²) in [7, 11) is 0. The van der Waals surface area contributed by atoms with E-state index in [4.69, 9.17) is 16.3 Å². The molecule has 1 aromatic rings. The van der Waals surface area contributed by atoms with Crippen LogP contribution < -0.4 is 5.32 Å². The third-order valence-electron chi connectivity index (χ3n) is 3.21. The summed E-state index contributed by atoms with van der Waals surface area (Å²) in [5, 5.41) is 3.67. The molecule has 19 heavy (non-hydrogen) atoms. The maximum atomic E-state index is 13.1. The van der Waals surface area contributed by atoms with Gasteiger partial charge in [0.2, 0.25) is 0 Å². The molecular formula is C15H23ClFNO. The Labute approximate surface area is 120 Å². The molecule has 0 spiro atoms. The van der Waals surface area contributed by atoms with Crippen molar-refractivity contribution in [3.8, 4) is 0 Å². The highest BCUT2D eigenvalue weighted by Gasteiger charge is 2.17. The van der Waals surface area contributed by atoms with Crippen LogP contribution in [-0.4, -0.2) is 19.3 Å². The maximum Gasteiger partial charge on any atom is 0.141 e. The first-order valence-electron chi connectivity index (χ1n) is 6.74. The van der Waals surface area contributed by atoms with Crippen molar-refractivity contribution in [3.63, 3.8) is 0 Å². The zero-order valence-electron chi connectivity index (χ0n) is 12.0. The molecule has 0 heterocycles. The summed E-state index contributed by atoms with van der Waals surface area (Å²) >= 11 is 5.81. The molecule has 108 valence electrons. The Morgan fingerprint density at radius 1 is 1.32 bits per heavy atom. The van der Waals surface area contributed by atoms with Crippen LogP contribution in [-0.2, 0) is 4.74 Å². The molecule has 4 heteroatoms. The van der Waals surface area contributed by atoms with E-state index in [1.807, 2.05) is 13.8 Å². The van der Waals surface area contributed by atoms with Crippen LogP contribution in [0, 0.1) is 11.7 Å². The average Bonchev–Trinajstić information content (AvgIpc) is 2.37. The maximum absolute atomic E-state index is 13.1. The fraction of sp³-hybridized carbons (Fsp3) is 0.600. The second-order valence-corrected chi connectivity index (χ2v) is 5.48. The summed E-state index contributed by atoms with van der Waals surface area (Å²) in [5.41, 5.74) is 0.980. The molecule has 1 aromatic carbocycles. The van der Waals surface area contributed by atoms with Gasteiger partial charge in [0.05, 0.1) is 11.6 Å². The molecule has 0 aliphatic heterocycles. The molecule has 0 fully saturated rings. The largest absolute Gasteiger partial charge is 0.380 e.